The zero-order valence-electron chi connectivity index (χ0n) is 5.09. The Bertz CT molecular complexity index is 192. The molecule has 0 atom stereocenters. The van der Waals surface area contributed by atoms with E-state index in [9.17, 15) is 4.79 Å². The number of hydrogen-bond donors (Lipinski definition) is 1. The van der Waals surface area contributed by atoms with Crippen molar-refractivity contribution >= 4 is 5.78 Å². The average Bonchev–Trinajstić information content (AvgIpc) is 2.37. The van der Waals surface area contributed by atoms with Crippen LogP contribution in [0.1, 0.15) is 23.8 Å². The molecule has 0 saturated carbocycles. The van der Waals surface area contributed by atoms with Crippen molar-refractivity contribution in [3.63, 3.8) is 0 Å². The van der Waals surface area contributed by atoms with Crippen molar-refractivity contribution in [2.24, 2.45) is 0 Å². The van der Waals surface area contributed by atoms with Crippen LogP contribution in [0.3, 0.4) is 0 Å². The zero-order chi connectivity index (χ0) is 6.69. The van der Waals surface area contributed by atoms with Crippen LogP contribution < -0.4 is 0 Å². The molecule has 0 saturated heterocycles. The standard InChI is InChI=1S/C5H7N3O/c1-2-5(9)4-3-6-8-7-4/h3H,2H2,1H3,(H,6,7,8). The molecule has 1 N–H and O–H groups in total. The van der Waals surface area contributed by atoms with Crippen LogP contribution in [-0.2, 0) is 0 Å². The molecule has 4 nitrogen and oxygen atoms in total. The number of Topliss-reactive ketones (excluding diaryl/α,β-unsaturated/α-hetero) is 1. The fourth-order valence-corrected chi connectivity index (χ4v) is 0.519. The fraction of sp³-hybridized carbons (Fsp3) is 0.400. The minimum atomic E-state index is 0.0174. The van der Waals surface area contributed by atoms with Crippen molar-refractivity contribution < 1.29 is 4.79 Å². The van der Waals surface area contributed by atoms with E-state index in [1.54, 1.807) is 6.92 Å². The quantitative estimate of drug-likeness (QED) is 0.582. The number of rotatable bonds is 2. The maximum atomic E-state index is 10.8. The summed E-state index contributed by atoms with van der Waals surface area (Å²) < 4.78 is 0. The van der Waals surface area contributed by atoms with E-state index in [1.165, 1.54) is 6.20 Å². The highest BCUT2D eigenvalue weighted by Crippen LogP contribution is 1.93. The van der Waals surface area contributed by atoms with E-state index in [0.29, 0.717) is 12.1 Å². The highest BCUT2D eigenvalue weighted by Gasteiger charge is 2.03. The van der Waals surface area contributed by atoms with E-state index < -0.39 is 0 Å². The van der Waals surface area contributed by atoms with Crippen LogP contribution in [0.25, 0.3) is 0 Å². The summed E-state index contributed by atoms with van der Waals surface area (Å²) in [5.74, 6) is 0.0174. The molecule has 0 amide bonds. The summed E-state index contributed by atoms with van der Waals surface area (Å²) in [7, 11) is 0. The van der Waals surface area contributed by atoms with Crippen molar-refractivity contribution in [1.29, 1.82) is 0 Å². The van der Waals surface area contributed by atoms with Crippen LogP contribution in [-0.4, -0.2) is 21.2 Å². The van der Waals surface area contributed by atoms with Gasteiger partial charge in [0, 0.05) is 6.42 Å². The molecule has 0 spiro atoms. The molecule has 48 valence electrons. The van der Waals surface area contributed by atoms with Gasteiger partial charge in [-0.3, -0.25) is 9.89 Å². The van der Waals surface area contributed by atoms with Crippen LogP contribution in [0.15, 0.2) is 6.20 Å². The number of nitrogens with one attached hydrogen (secondary N) is 1. The summed E-state index contributed by atoms with van der Waals surface area (Å²) in [6.45, 7) is 1.79. The second-order valence-electron chi connectivity index (χ2n) is 1.64. The van der Waals surface area contributed by atoms with Gasteiger partial charge in [-0.25, -0.2) is 0 Å². The van der Waals surface area contributed by atoms with Crippen molar-refractivity contribution in [3.8, 4) is 0 Å². The van der Waals surface area contributed by atoms with E-state index >= 15 is 0 Å². The summed E-state index contributed by atoms with van der Waals surface area (Å²) in [6.07, 6.45) is 1.97. The molecular weight excluding hydrogens is 118 g/mol. The Morgan fingerprint density at radius 2 is 2.67 bits per heavy atom. The van der Waals surface area contributed by atoms with Gasteiger partial charge in [0.15, 0.2) is 5.78 Å². The van der Waals surface area contributed by atoms with Gasteiger partial charge in [0.1, 0.15) is 5.69 Å². The normalized spacial score (nSPS) is 9.44. The Morgan fingerprint density at radius 1 is 1.89 bits per heavy atom. The van der Waals surface area contributed by atoms with Crippen LogP contribution in [0.2, 0.25) is 0 Å². The van der Waals surface area contributed by atoms with E-state index in [0.717, 1.165) is 0 Å². The second-order valence-corrected chi connectivity index (χ2v) is 1.64. The monoisotopic (exact) mass is 125 g/mol. The second kappa shape index (κ2) is 2.39. The predicted octanol–water partition coefficient (Wildman–Crippen LogP) is 0.397. The van der Waals surface area contributed by atoms with Gasteiger partial charge in [0.25, 0.3) is 0 Å². The first kappa shape index (κ1) is 5.94. The topological polar surface area (TPSA) is 58.6 Å². The molecule has 0 aromatic carbocycles. The number of nitrogens with zero attached hydrogens (tertiary/aromatic N) is 2. The SMILES string of the molecule is CCC(=O)c1c[nH]nn1. The third-order valence-electron chi connectivity index (χ3n) is 1.02. The number of H-pyrrole nitrogens is 1. The Hall–Kier alpha value is -1.19. The molecule has 1 aromatic rings. The average molecular weight is 125 g/mol. The van der Waals surface area contributed by atoms with Gasteiger partial charge >= 0.3 is 0 Å². The summed E-state index contributed by atoms with van der Waals surface area (Å²) >= 11 is 0. The van der Waals surface area contributed by atoms with E-state index in [2.05, 4.69) is 15.4 Å². The lowest BCUT2D eigenvalue weighted by Crippen LogP contribution is -1.95. The number of hydrogen-bond acceptors (Lipinski definition) is 3. The van der Waals surface area contributed by atoms with Gasteiger partial charge in [-0.15, -0.1) is 5.10 Å². The minimum Gasteiger partial charge on any atom is -0.292 e. The predicted molar refractivity (Wildman–Crippen MR) is 31.0 cm³/mol. The summed E-state index contributed by atoms with van der Waals surface area (Å²) in [4.78, 5) is 10.8. The molecule has 9 heavy (non-hydrogen) atoms. The number of aromatic amines is 1. The first-order chi connectivity index (χ1) is 4.34. The molecule has 1 rings (SSSR count). The van der Waals surface area contributed by atoms with Crippen LogP contribution in [0, 0.1) is 0 Å². The lowest BCUT2D eigenvalue weighted by molar-refractivity contribution is 0.0983. The number of carbonyl (C=O) groups is 1. The van der Waals surface area contributed by atoms with Gasteiger partial charge < -0.3 is 0 Å². The minimum absolute atomic E-state index is 0.0174. The Kier molecular flexibility index (Phi) is 1.58. The zero-order valence-corrected chi connectivity index (χ0v) is 5.09. The molecule has 0 aliphatic rings. The summed E-state index contributed by atoms with van der Waals surface area (Å²) in [6, 6.07) is 0. The van der Waals surface area contributed by atoms with Crippen molar-refractivity contribution in [2.45, 2.75) is 13.3 Å². The molecule has 0 bridgehead atoms. The van der Waals surface area contributed by atoms with Crippen LogP contribution in [0.5, 0.6) is 0 Å². The lowest BCUT2D eigenvalue weighted by atomic mass is 10.2. The first-order valence-electron chi connectivity index (χ1n) is 2.74. The molecule has 0 fully saturated rings. The van der Waals surface area contributed by atoms with Gasteiger partial charge in [0.05, 0.1) is 6.20 Å². The van der Waals surface area contributed by atoms with E-state index in [4.69, 9.17) is 0 Å². The molecular formula is C5H7N3O. The number of ketones is 1. The molecule has 1 aromatic heterocycles. The number of aromatic nitrogens is 3. The third-order valence-corrected chi connectivity index (χ3v) is 1.02. The van der Waals surface area contributed by atoms with Crippen LogP contribution >= 0.6 is 0 Å². The van der Waals surface area contributed by atoms with E-state index in [-0.39, 0.29) is 5.78 Å². The van der Waals surface area contributed by atoms with E-state index in [1.807, 2.05) is 0 Å². The Balaban J connectivity index is 2.77. The highest BCUT2D eigenvalue weighted by molar-refractivity contribution is 5.93. The number of carbonyl (C=O) groups excluding carboxylic acids is 1. The maximum absolute atomic E-state index is 10.8. The molecule has 0 aliphatic heterocycles. The van der Waals surface area contributed by atoms with Crippen molar-refractivity contribution in [3.05, 3.63) is 11.9 Å². The third kappa shape index (κ3) is 1.13. The Labute approximate surface area is 52.3 Å². The van der Waals surface area contributed by atoms with Crippen LogP contribution in [0.4, 0.5) is 0 Å². The molecule has 1 heterocycles. The van der Waals surface area contributed by atoms with Gasteiger partial charge in [-0.2, -0.15) is 0 Å². The summed E-state index contributed by atoms with van der Waals surface area (Å²) in [5.41, 5.74) is 0.414. The van der Waals surface area contributed by atoms with Gasteiger partial charge in [-0.05, 0) is 0 Å². The maximum Gasteiger partial charge on any atom is 0.184 e. The lowest BCUT2D eigenvalue weighted by Gasteiger charge is -1.83. The van der Waals surface area contributed by atoms with Gasteiger partial charge in [-0.1, -0.05) is 12.1 Å². The van der Waals surface area contributed by atoms with Gasteiger partial charge in [0.2, 0.25) is 0 Å². The van der Waals surface area contributed by atoms with Crippen molar-refractivity contribution in [1.82, 2.24) is 15.4 Å². The highest BCUT2D eigenvalue weighted by atomic mass is 16.1. The molecule has 4 heteroatoms. The molecule has 0 aliphatic carbocycles. The molecule has 0 unspecified atom stereocenters. The first-order valence-corrected chi connectivity index (χ1v) is 2.74. The Morgan fingerprint density at radius 3 is 3.11 bits per heavy atom. The largest absolute Gasteiger partial charge is 0.292 e. The fourth-order valence-electron chi connectivity index (χ4n) is 0.519. The molecule has 0 radical (unpaired) electrons. The van der Waals surface area contributed by atoms with Crippen molar-refractivity contribution in [2.75, 3.05) is 0 Å². The summed E-state index contributed by atoms with van der Waals surface area (Å²) in [5, 5.41) is 9.39. The smallest absolute Gasteiger partial charge is 0.184 e.